The molecule has 2 amide bonds. The average Bonchev–Trinajstić information content (AvgIpc) is 3.70. The molecule has 5 rings (SSSR count). The molecule has 0 spiro atoms. The van der Waals surface area contributed by atoms with Gasteiger partial charge in [-0.15, -0.1) is 0 Å². The van der Waals surface area contributed by atoms with E-state index in [-0.39, 0.29) is 23.7 Å². The molecular weight excluding hydrogens is 464 g/mol. The predicted molar refractivity (Wildman–Crippen MR) is 136 cm³/mol. The first kappa shape index (κ1) is 23.9. The van der Waals surface area contributed by atoms with Crippen molar-refractivity contribution in [2.75, 3.05) is 16.3 Å². The monoisotopic (exact) mass is 496 g/mol. The number of benzene rings is 2. The van der Waals surface area contributed by atoms with Crippen LogP contribution in [0.4, 0.5) is 16.2 Å². The fraction of sp³-hybridized carbons (Fsp3) is 0.481. The van der Waals surface area contributed by atoms with E-state index in [2.05, 4.69) is 0 Å². The van der Waals surface area contributed by atoms with Crippen molar-refractivity contribution in [1.29, 1.82) is 0 Å². The Labute approximate surface area is 206 Å². The van der Waals surface area contributed by atoms with Gasteiger partial charge in [-0.25, -0.2) is 13.2 Å². The minimum atomic E-state index is -3.26. The summed E-state index contributed by atoms with van der Waals surface area (Å²) in [5.74, 6) is 0.451. The summed E-state index contributed by atoms with van der Waals surface area (Å²) in [6.07, 6.45) is 6.60. The summed E-state index contributed by atoms with van der Waals surface area (Å²) in [6.45, 7) is 2.10. The van der Waals surface area contributed by atoms with Crippen molar-refractivity contribution in [3.05, 3.63) is 42.5 Å². The van der Waals surface area contributed by atoms with Crippen LogP contribution in [0.3, 0.4) is 0 Å². The number of anilines is 2. The standard InChI is InChI=1S/C27H32N2O5S/c1-18-17-28(27(31)32)25-16-21(20-7-10-22(11-8-20)35(33,34)23-12-13-23)9-14-24(25)29(18)26(30)15-19-5-3-2-4-6-19/h7-11,14,16,18-19,23H,2-6,12-13,15,17H2,1H3,(H,31,32)/t18-/m0/s1. The van der Waals surface area contributed by atoms with Gasteiger partial charge in [0.2, 0.25) is 5.91 Å². The van der Waals surface area contributed by atoms with Crippen LogP contribution < -0.4 is 9.80 Å². The van der Waals surface area contributed by atoms with E-state index >= 15 is 0 Å². The molecule has 3 aliphatic rings. The van der Waals surface area contributed by atoms with Gasteiger partial charge >= 0.3 is 6.09 Å². The van der Waals surface area contributed by atoms with Crippen LogP contribution in [-0.4, -0.2) is 43.4 Å². The molecular formula is C27H32N2O5S. The lowest BCUT2D eigenvalue weighted by molar-refractivity contribution is -0.120. The predicted octanol–water partition coefficient (Wildman–Crippen LogP) is 5.48. The molecule has 1 atom stereocenters. The molecule has 1 heterocycles. The number of hydrogen-bond acceptors (Lipinski definition) is 4. The summed E-state index contributed by atoms with van der Waals surface area (Å²) in [5, 5.41) is 9.63. The SMILES string of the molecule is C[C@H]1CN(C(=O)O)c2cc(-c3ccc(S(=O)(=O)C4CC4)cc3)ccc2N1C(=O)CC1CCCCC1. The van der Waals surface area contributed by atoms with Gasteiger partial charge in [0.15, 0.2) is 9.84 Å². The van der Waals surface area contributed by atoms with Crippen LogP contribution in [0.15, 0.2) is 47.4 Å². The van der Waals surface area contributed by atoms with Crippen LogP contribution in [0.2, 0.25) is 0 Å². The Morgan fingerprint density at radius 3 is 2.20 bits per heavy atom. The molecule has 0 bridgehead atoms. The highest BCUT2D eigenvalue weighted by Crippen LogP contribution is 2.40. The highest BCUT2D eigenvalue weighted by Gasteiger charge is 2.37. The van der Waals surface area contributed by atoms with Gasteiger partial charge in [-0.2, -0.15) is 0 Å². The van der Waals surface area contributed by atoms with Crippen LogP contribution in [0.1, 0.15) is 58.3 Å². The summed E-state index contributed by atoms with van der Waals surface area (Å²) in [4.78, 5) is 28.9. The van der Waals surface area contributed by atoms with Gasteiger partial charge in [-0.3, -0.25) is 9.69 Å². The summed E-state index contributed by atoms with van der Waals surface area (Å²) in [6, 6.07) is 12.0. The van der Waals surface area contributed by atoms with Gasteiger partial charge in [0, 0.05) is 13.0 Å². The topological polar surface area (TPSA) is 95.0 Å². The summed E-state index contributed by atoms with van der Waals surface area (Å²) < 4.78 is 25.0. The van der Waals surface area contributed by atoms with E-state index in [0.29, 0.717) is 41.5 Å². The lowest BCUT2D eigenvalue weighted by Crippen LogP contribution is -2.52. The smallest absolute Gasteiger partial charge is 0.411 e. The molecule has 8 heteroatoms. The van der Waals surface area contributed by atoms with E-state index in [4.69, 9.17) is 0 Å². The molecule has 0 unspecified atom stereocenters. The van der Waals surface area contributed by atoms with E-state index in [1.807, 2.05) is 19.1 Å². The van der Waals surface area contributed by atoms with Crippen molar-refractivity contribution >= 4 is 33.2 Å². The summed E-state index contributed by atoms with van der Waals surface area (Å²) in [7, 11) is -3.26. The van der Waals surface area contributed by atoms with E-state index < -0.39 is 15.9 Å². The van der Waals surface area contributed by atoms with Crippen LogP contribution in [0, 0.1) is 5.92 Å². The maximum Gasteiger partial charge on any atom is 0.411 e. The Bertz CT molecular complexity index is 1230. The van der Waals surface area contributed by atoms with E-state index in [1.54, 1.807) is 35.2 Å². The van der Waals surface area contributed by atoms with Crippen molar-refractivity contribution in [3.8, 4) is 11.1 Å². The zero-order valence-corrected chi connectivity index (χ0v) is 20.8. The lowest BCUT2D eigenvalue weighted by atomic mass is 9.86. The number of carboxylic acid groups (broad SMARTS) is 1. The minimum Gasteiger partial charge on any atom is -0.465 e. The van der Waals surface area contributed by atoms with Gasteiger partial charge in [0.1, 0.15) is 0 Å². The first-order valence-electron chi connectivity index (χ1n) is 12.6. The molecule has 0 radical (unpaired) electrons. The Morgan fingerprint density at radius 1 is 0.914 bits per heavy atom. The van der Waals surface area contributed by atoms with Crippen LogP contribution >= 0.6 is 0 Å². The average molecular weight is 497 g/mol. The van der Waals surface area contributed by atoms with E-state index in [1.165, 1.54) is 24.2 Å². The van der Waals surface area contributed by atoms with Crippen molar-refractivity contribution < 1.29 is 23.1 Å². The van der Waals surface area contributed by atoms with Gasteiger partial charge in [0.25, 0.3) is 0 Å². The second-order valence-corrected chi connectivity index (χ2v) is 12.4. The highest BCUT2D eigenvalue weighted by molar-refractivity contribution is 7.92. The Hall–Kier alpha value is -2.87. The number of sulfone groups is 1. The van der Waals surface area contributed by atoms with Crippen molar-refractivity contribution in [2.24, 2.45) is 5.92 Å². The molecule has 2 fully saturated rings. The molecule has 186 valence electrons. The third-order valence-corrected chi connectivity index (χ3v) is 9.86. The Balaban J connectivity index is 1.46. The third kappa shape index (κ3) is 4.68. The maximum absolute atomic E-state index is 13.4. The fourth-order valence-corrected chi connectivity index (χ4v) is 7.17. The van der Waals surface area contributed by atoms with Crippen LogP contribution in [0.25, 0.3) is 11.1 Å². The molecule has 2 aliphatic carbocycles. The zero-order valence-electron chi connectivity index (χ0n) is 20.0. The summed E-state index contributed by atoms with van der Waals surface area (Å²) >= 11 is 0. The molecule has 0 saturated heterocycles. The highest BCUT2D eigenvalue weighted by atomic mass is 32.2. The molecule has 1 aliphatic heterocycles. The number of nitrogens with zero attached hydrogens (tertiary/aromatic N) is 2. The van der Waals surface area contributed by atoms with E-state index in [9.17, 15) is 23.1 Å². The van der Waals surface area contributed by atoms with Crippen LogP contribution in [-0.2, 0) is 14.6 Å². The minimum absolute atomic E-state index is 0.0538. The lowest BCUT2D eigenvalue weighted by Gasteiger charge is -2.41. The maximum atomic E-state index is 13.4. The molecule has 35 heavy (non-hydrogen) atoms. The normalized spacial score (nSPS) is 21.0. The van der Waals surface area contributed by atoms with Crippen molar-refractivity contribution in [1.82, 2.24) is 0 Å². The number of hydrogen-bond donors (Lipinski definition) is 1. The van der Waals surface area contributed by atoms with Gasteiger partial charge in [-0.05, 0) is 73.9 Å². The van der Waals surface area contributed by atoms with E-state index in [0.717, 1.165) is 24.0 Å². The van der Waals surface area contributed by atoms with Crippen molar-refractivity contribution in [2.45, 2.75) is 74.5 Å². The number of carbonyl (C=O) groups excluding carboxylic acids is 1. The Kier molecular flexibility index (Phi) is 6.34. The van der Waals surface area contributed by atoms with Crippen LogP contribution in [0.5, 0.6) is 0 Å². The molecule has 2 aromatic carbocycles. The summed E-state index contributed by atoms with van der Waals surface area (Å²) in [5.41, 5.74) is 2.68. The largest absolute Gasteiger partial charge is 0.465 e. The first-order valence-corrected chi connectivity index (χ1v) is 14.1. The number of fused-ring (bicyclic) bond motifs is 1. The van der Waals surface area contributed by atoms with Gasteiger partial charge in [0.05, 0.1) is 27.6 Å². The third-order valence-electron chi connectivity index (χ3n) is 7.58. The molecule has 7 nitrogen and oxygen atoms in total. The first-order chi connectivity index (χ1) is 16.8. The second-order valence-electron chi connectivity index (χ2n) is 10.2. The molecule has 2 aromatic rings. The van der Waals surface area contributed by atoms with Crippen molar-refractivity contribution in [3.63, 3.8) is 0 Å². The number of rotatable bonds is 5. The number of amides is 2. The molecule has 1 N–H and O–H groups in total. The Morgan fingerprint density at radius 2 is 1.57 bits per heavy atom. The van der Waals surface area contributed by atoms with Gasteiger partial charge < -0.3 is 10.0 Å². The molecule has 0 aromatic heterocycles. The van der Waals surface area contributed by atoms with Gasteiger partial charge in [-0.1, -0.05) is 37.5 Å². The molecule has 2 saturated carbocycles. The number of carbonyl (C=O) groups is 2. The quantitative estimate of drug-likeness (QED) is 0.591. The zero-order chi connectivity index (χ0) is 24.7. The second kappa shape index (κ2) is 9.30. The fourth-order valence-electron chi connectivity index (χ4n) is 5.51.